The summed E-state index contributed by atoms with van der Waals surface area (Å²) in [6.45, 7) is -0.0462. The number of hydrogen-bond donors (Lipinski definition) is 3. The van der Waals surface area contributed by atoms with Gasteiger partial charge in [-0.25, -0.2) is 0 Å². The van der Waals surface area contributed by atoms with Crippen LogP contribution in [-0.2, 0) is 6.61 Å². The molecule has 3 N–H and O–H groups in total. The van der Waals surface area contributed by atoms with Crippen molar-refractivity contribution in [1.29, 1.82) is 0 Å². The number of amides is 1. The Kier molecular flexibility index (Phi) is 2.98. The SMILES string of the molecule is O=C(Nc1cccc(CO)c1)c1cn[nH]c1. The Balaban J connectivity index is 2.12. The number of benzene rings is 1. The van der Waals surface area contributed by atoms with Crippen molar-refractivity contribution in [1.82, 2.24) is 10.2 Å². The predicted molar refractivity (Wildman–Crippen MR) is 58.9 cm³/mol. The number of hydrogen-bond acceptors (Lipinski definition) is 3. The first-order valence-corrected chi connectivity index (χ1v) is 4.79. The monoisotopic (exact) mass is 217 g/mol. The molecule has 0 aliphatic heterocycles. The van der Waals surface area contributed by atoms with Crippen LogP contribution < -0.4 is 5.32 Å². The second-order valence-electron chi connectivity index (χ2n) is 3.30. The molecule has 0 bridgehead atoms. The lowest BCUT2D eigenvalue weighted by Crippen LogP contribution is -2.11. The molecule has 0 radical (unpaired) electrons. The summed E-state index contributed by atoms with van der Waals surface area (Å²) in [7, 11) is 0. The average molecular weight is 217 g/mol. The van der Waals surface area contributed by atoms with Gasteiger partial charge in [0.15, 0.2) is 0 Å². The molecule has 5 heteroatoms. The minimum atomic E-state index is -0.233. The lowest BCUT2D eigenvalue weighted by atomic mass is 10.2. The number of aliphatic hydroxyl groups excluding tert-OH is 1. The fraction of sp³-hybridized carbons (Fsp3) is 0.0909. The largest absolute Gasteiger partial charge is 0.392 e. The molecule has 2 aromatic rings. The van der Waals surface area contributed by atoms with Crippen LogP contribution in [-0.4, -0.2) is 21.2 Å². The molecule has 0 spiro atoms. The molecular weight excluding hydrogens is 206 g/mol. The van der Waals surface area contributed by atoms with E-state index in [4.69, 9.17) is 5.11 Å². The van der Waals surface area contributed by atoms with Gasteiger partial charge in [0.2, 0.25) is 0 Å². The minimum Gasteiger partial charge on any atom is -0.392 e. The summed E-state index contributed by atoms with van der Waals surface area (Å²) in [5.41, 5.74) is 1.87. The highest BCUT2D eigenvalue weighted by atomic mass is 16.3. The quantitative estimate of drug-likeness (QED) is 0.721. The molecule has 5 nitrogen and oxygen atoms in total. The van der Waals surface area contributed by atoms with Crippen LogP contribution in [0.25, 0.3) is 0 Å². The van der Waals surface area contributed by atoms with E-state index >= 15 is 0 Å². The molecule has 0 atom stereocenters. The van der Waals surface area contributed by atoms with Gasteiger partial charge < -0.3 is 10.4 Å². The number of carbonyl (C=O) groups excluding carboxylic acids is 1. The van der Waals surface area contributed by atoms with E-state index in [1.165, 1.54) is 12.4 Å². The highest BCUT2D eigenvalue weighted by molar-refractivity contribution is 6.03. The number of anilines is 1. The molecule has 2 rings (SSSR count). The van der Waals surface area contributed by atoms with Crippen molar-refractivity contribution in [2.45, 2.75) is 6.61 Å². The predicted octanol–water partition coefficient (Wildman–Crippen LogP) is 1.15. The van der Waals surface area contributed by atoms with Crippen molar-refractivity contribution in [2.75, 3.05) is 5.32 Å². The zero-order chi connectivity index (χ0) is 11.4. The van der Waals surface area contributed by atoms with Gasteiger partial charge in [-0.2, -0.15) is 5.10 Å². The van der Waals surface area contributed by atoms with Crippen LogP contribution in [0.4, 0.5) is 5.69 Å². The first-order valence-electron chi connectivity index (χ1n) is 4.79. The van der Waals surface area contributed by atoms with Gasteiger partial charge in [-0.1, -0.05) is 12.1 Å². The van der Waals surface area contributed by atoms with E-state index in [0.717, 1.165) is 5.56 Å². The Bertz CT molecular complexity index is 480. The van der Waals surface area contributed by atoms with Crippen LogP contribution in [0.5, 0.6) is 0 Å². The van der Waals surface area contributed by atoms with Crippen molar-refractivity contribution in [3.63, 3.8) is 0 Å². The minimum absolute atomic E-state index is 0.0462. The highest BCUT2D eigenvalue weighted by Gasteiger charge is 2.06. The van der Waals surface area contributed by atoms with Gasteiger partial charge in [0, 0.05) is 11.9 Å². The molecule has 16 heavy (non-hydrogen) atoms. The Hall–Kier alpha value is -2.14. The third-order valence-electron chi connectivity index (χ3n) is 2.13. The summed E-state index contributed by atoms with van der Waals surface area (Å²) in [6.07, 6.45) is 2.97. The van der Waals surface area contributed by atoms with Gasteiger partial charge in [0.05, 0.1) is 18.4 Å². The standard InChI is InChI=1S/C11H11N3O2/c15-7-8-2-1-3-10(4-8)14-11(16)9-5-12-13-6-9/h1-6,15H,7H2,(H,12,13)(H,14,16). The summed E-state index contributed by atoms with van der Waals surface area (Å²) >= 11 is 0. The Labute approximate surface area is 92.1 Å². The molecule has 1 amide bonds. The lowest BCUT2D eigenvalue weighted by Gasteiger charge is -2.04. The van der Waals surface area contributed by atoms with Crippen LogP contribution in [0.2, 0.25) is 0 Å². The van der Waals surface area contributed by atoms with Crippen LogP contribution in [0, 0.1) is 0 Å². The van der Waals surface area contributed by atoms with Crippen LogP contribution in [0.15, 0.2) is 36.7 Å². The molecule has 1 aromatic heterocycles. The van der Waals surface area contributed by atoms with Crippen molar-refractivity contribution in [3.05, 3.63) is 47.8 Å². The van der Waals surface area contributed by atoms with Gasteiger partial charge in [0.25, 0.3) is 5.91 Å². The fourth-order valence-corrected chi connectivity index (χ4v) is 1.33. The summed E-state index contributed by atoms with van der Waals surface area (Å²) in [6, 6.07) is 7.04. The maximum atomic E-state index is 11.6. The summed E-state index contributed by atoms with van der Waals surface area (Å²) in [5.74, 6) is -0.233. The van der Waals surface area contributed by atoms with E-state index in [0.29, 0.717) is 11.3 Å². The fourth-order valence-electron chi connectivity index (χ4n) is 1.33. The molecule has 0 fully saturated rings. The topological polar surface area (TPSA) is 78.0 Å². The average Bonchev–Trinajstić information content (AvgIpc) is 2.83. The number of aromatic nitrogens is 2. The number of rotatable bonds is 3. The molecule has 0 aliphatic carbocycles. The van der Waals surface area contributed by atoms with E-state index in [2.05, 4.69) is 15.5 Å². The summed E-state index contributed by atoms with van der Waals surface area (Å²) in [5, 5.41) is 17.9. The number of carbonyl (C=O) groups is 1. The summed E-state index contributed by atoms with van der Waals surface area (Å²) in [4.78, 5) is 11.6. The Morgan fingerprint density at radius 2 is 2.38 bits per heavy atom. The molecule has 0 saturated carbocycles. The van der Waals surface area contributed by atoms with Gasteiger partial charge in [-0.05, 0) is 17.7 Å². The normalized spacial score (nSPS) is 10.1. The van der Waals surface area contributed by atoms with E-state index in [1.54, 1.807) is 24.3 Å². The Morgan fingerprint density at radius 1 is 1.50 bits per heavy atom. The molecule has 82 valence electrons. The van der Waals surface area contributed by atoms with Crippen molar-refractivity contribution < 1.29 is 9.90 Å². The van der Waals surface area contributed by atoms with E-state index in [9.17, 15) is 4.79 Å². The number of H-pyrrole nitrogens is 1. The van der Waals surface area contributed by atoms with E-state index in [1.807, 2.05) is 0 Å². The zero-order valence-electron chi connectivity index (χ0n) is 8.47. The first kappa shape index (κ1) is 10.4. The second-order valence-corrected chi connectivity index (χ2v) is 3.30. The molecule has 0 aliphatic rings. The molecule has 0 unspecified atom stereocenters. The molecule has 1 aromatic carbocycles. The molecule has 1 heterocycles. The van der Waals surface area contributed by atoms with Crippen LogP contribution in [0.3, 0.4) is 0 Å². The van der Waals surface area contributed by atoms with Gasteiger partial charge >= 0.3 is 0 Å². The third kappa shape index (κ3) is 2.26. The Morgan fingerprint density at radius 3 is 3.06 bits per heavy atom. The van der Waals surface area contributed by atoms with E-state index < -0.39 is 0 Å². The van der Waals surface area contributed by atoms with Crippen LogP contribution in [0.1, 0.15) is 15.9 Å². The van der Waals surface area contributed by atoms with Gasteiger partial charge in [-0.15, -0.1) is 0 Å². The summed E-state index contributed by atoms with van der Waals surface area (Å²) < 4.78 is 0. The molecule has 0 saturated heterocycles. The van der Waals surface area contributed by atoms with Gasteiger partial charge in [-0.3, -0.25) is 9.89 Å². The maximum absolute atomic E-state index is 11.6. The lowest BCUT2D eigenvalue weighted by molar-refractivity contribution is 0.102. The van der Waals surface area contributed by atoms with E-state index in [-0.39, 0.29) is 12.5 Å². The number of aliphatic hydroxyl groups is 1. The number of nitrogens with zero attached hydrogens (tertiary/aromatic N) is 1. The van der Waals surface area contributed by atoms with Crippen molar-refractivity contribution in [2.24, 2.45) is 0 Å². The second kappa shape index (κ2) is 4.59. The van der Waals surface area contributed by atoms with Gasteiger partial charge in [0.1, 0.15) is 0 Å². The van der Waals surface area contributed by atoms with Crippen molar-refractivity contribution >= 4 is 11.6 Å². The molecular formula is C11H11N3O2. The maximum Gasteiger partial charge on any atom is 0.258 e. The number of nitrogens with one attached hydrogen (secondary N) is 2. The third-order valence-corrected chi connectivity index (χ3v) is 2.13. The zero-order valence-corrected chi connectivity index (χ0v) is 8.47. The highest BCUT2D eigenvalue weighted by Crippen LogP contribution is 2.11. The number of aromatic amines is 1. The smallest absolute Gasteiger partial charge is 0.258 e. The van der Waals surface area contributed by atoms with Crippen LogP contribution >= 0.6 is 0 Å². The van der Waals surface area contributed by atoms with Crippen molar-refractivity contribution in [3.8, 4) is 0 Å². The first-order chi connectivity index (χ1) is 7.79.